The van der Waals surface area contributed by atoms with Gasteiger partial charge in [-0.3, -0.25) is 0 Å². The zero-order valence-electron chi connectivity index (χ0n) is 11.9. The van der Waals surface area contributed by atoms with Gasteiger partial charge in [0.25, 0.3) is 0 Å². The average Bonchev–Trinajstić information content (AvgIpc) is 2.49. The molecule has 1 aromatic carbocycles. The molecule has 1 aliphatic rings. The lowest BCUT2D eigenvalue weighted by Crippen LogP contribution is -2.20. The Morgan fingerprint density at radius 3 is 2.90 bits per heavy atom. The molecule has 1 N–H and O–H groups in total. The van der Waals surface area contributed by atoms with Crippen LogP contribution in [0.1, 0.15) is 18.4 Å². The molecule has 0 saturated carbocycles. The smallest absolute Gasteiger partial charge is 0.119 e. The van der Waals surface area contributed by atoms with E-state index in [1.54, 1.807) is 7.11 Å². The molecule has 0 saturated heterocycles. The zero-order chi connectivity index (χ0) is 14.2. The normalized spacial score (nSPS) is 14.2. The van der Waals surface area contributed by atoms with Crippen LogP contribution in [-0.2, 0) is 6.42 Å². The molecule has 106 valence electrons. The second kappa shape index (κ2) is 7.98. The van der Waals surface area contributed by atoms with E-state index in [2.05, 4.69) is 35.7 Å². The molecule has 0 heterocycles. The van der Waals surface area contributed by atoms with Crippen molar-refractivity contribution in [2.24, 2.45) is 0 Å². The second-order valence-corrected chi connectivity index (χ2v) is 5.34. The van der Waals surface area contributed by atoms with Gasteiger partial charge in [-0.2, -0.15) is 0 Å². The van der Waals surface area contributed by atoms with Gasteiger partial charge in [0.1, 0.15) is 5.75 Å². The number of hydrogen-bond acceptors (Lipinski definition) is 3. The van der Waals surface area contributed by atoms with Gasteiger partial charge in [0.2, 0.25) is 0 Å². The van der Waals surface area contributed by atoms with Crippen LogP contribution in [0, 0.1) is 0 Å². The van der Waals surface area contributed by atoms with E-state index in [0.29, 0.717) is 0 Å². The van der Waals surface area contributed by atoms with Crippen LogP contribution in [0.4, 0.5) is 0 Å². The van der Waals surface area contributed by atoms with Crippen molar-refractivity contribution in [1.29, 1.82) is 0 Å². The molecule has 0 amide bonds. The van der Waals surface area contributed by atoms with Gasteiger partial charge in [-0.15, -0.1) is 0 Å². The van der Waals surface area contributed by atoms with Crippen LogP contribution in [-0.4, -0.2) is 25.1 Å². The standard InChI is InChI=1S/C17H21NOS/c1-19-16-7-4-5-14(13-16)9-11-18-12-10-15-6-2-3-8-17(15)20/h2-7,13,18H,8-12H2,1H3. The van der Waals surface area contributed by atoms with Gasteiger partial charge in [-0.1, -0.05) is 42.6 Å². The van der Waals surface area contributed by atoms with Crippen molar-refractivity contribution in [3.8, 4) is 5.75 Å². The number of ether oxygens (including phenoxy) is 1. The highest BCUT2D eigenvalue weighted by atomic mass is 32.1. The summed E-state index contributed by atoms with van der Waals surface area (Å²) < 4.78 is 5.22. The molecule has 0 radical (unpaired) electrons. The summed E-state index contributed by atoms with van der Waals surface area (Å²) >= 11 is 5.35. The Hall–Kier alpha value is -1.45. The van der Waals surface area contributed by atoms with Crippen LogP contribution in [0.5, 0.6) is 5.75 Å². The lowest BCUT2D eigenvalue weighted by molar-refractivity contribution is 0.414. The van der Waals surface area contributed by atoms with E-state index in [0.717, 1.165) is 43.0 Å². The van der Waals surface area contributed by atoms with Gasteiger partial charge in [0.05, 0.1) is 7.11 Å². The van der Waals surface area contributed by atoms with E-state index < -0.39 is 0 Å². The fourth-order valence-corrected chi connectivity index (χ4v) is 2.48. The van der Waals surface area contributed by atoms with E-state index in [4.69, 9.17) is 17.0 Å². The minimum atomic E-state index is 0.922. The molecule has 2 rings (SSSR count). The van der Waals surface area contributed by atoms with E-state index >= 15 is 0 Å². The van der Waals surface area contributed by atoms with Crippen LogP contribution in [0.15, 0.2) is 48.1 Å². The third-order valence-corrected chi connectivity index (χ3v) is 3.82. The monoisotopic (exact) mass is 287 g/mol. The molecule has 1 aliphatic carbocycles. The molecular weight excluding hydrogens is 266 g/mol. The van der Waals surface area contributed by atoms with Crippen LogP contribution < -0.4 is 10.1 Å². The molecule has 1 aromatic rings. The Bertz CT molecular complexity index is 519. The topological polar surface area (TPSA) is 21.3 Å². The number of methoxy groups -OCH3 is 1. The van der Waals surface area contributed by atoms with Gasteiger partial charge in [-0.25, -0.2) is 0 Å². The molecule has 0 atom stereocenters. The first-order chi connectivity index (χ1) is 9.79. The van der Waals surface area contributed by atoms with Crippen molar-refractivity contribution in [2.75, 3.05) is 20.2 Å². The summed E-state index contributed by atoms with van der Waals surface area (Å²) in [5, 5.41) is 3.47. The van der Waals surface area contributed by atoms with E-state index in [-0.39, 0.29) is 0 Å². The van der Waals surface area contributed by atoms with Gasteiger partial charge >= 0.3 is 0 Å². The first-order valence-electron chi connectivity index (χ1n) is 7.02. The Kier molecular flexibility index (Phi) is 5.96. The van der Waals surface area contributed by atoms with Crippen LogP contribution in [0.2, 0.25) is 0 Å². The summed E-state index contributed by atoms with van der Waals surface area (Å²) in [6.07, 6.45) is 9.30. The van der Waals surface area contributed by atoms with Crippen molar-refractivity contribution in [2.45, 2.75) is 19.3 Å². The lowest BCUT2D eigenvalue weighted by Gasteiger charge is -2.11. The molecule has 0 unspecified atom stereocenters. The molecule has 0 aromatic heterocycles. The number of benzene rings is 1. The largest absolute Gasteiger partial charge is 0.497 e. The Morgan fingerprint density at radius 2 is 2.10 bits per heavy atom. The minimum absolute atomic E-state index is 0.922. The van der Waals surface area contributed by atoms with Gasteiger partial charge in [0.15, 0.2) is 0 Å². The molecule has 20 heavy (non-hydrogen) atoms. The predicted octanol–water partition coefficient (Wildman–Crippen LogP) is 3.47. The van der Waals surface area contributed by atoms with Crippen molar-refractivity contribution in [1.82, 2.24) is 5.32 Å². The number of thiocarbonyl (C=S) groups is 1. The molecule has 0 fully saturated rings. The maximum Gasteiger partial charge on any atom is 0.119 e. The van der Waals surface area contributed by atoms with Crippen LogP contribution in [0.3, 0.4) is 0 Å². The zero-order valence-corrected chi connectivity index (χ0v) is 12.7. The highest BCUT2D eigenvalue weighted by molar-refractivity contribution is 7.80. The second-order valence-electron chi connectivity index (χ2n) is 4.85. The average molecular weight is 287 g/mol. The predicted molar refractivity (Wildman–Crippen MR) is 88.6 cm³/mol. The third kappa shape index (κ3) is 4.58. The minimum Gasteiger partial charge on any atom is -0.497 e. The number of nitrogens with one attached hydrogen (secondary N) is 1. The third-order valence-electron chi connectivity index (χ3n) is 3.39. The molecule has 3 heteroatoms. The number of allylic oxidation sites excluding steroid dienone is 3. The fourth-order valence-electron chi connectivity index (χ4n) is 2.21. The van der Waals surface area contributed by atoms with Crippen molar-refractivity contribution in [3.63, 3.8) is 0 Å². The van der Waals surface area contributed by atoms with Gasteiger partial charge < -0.3 is 10.1 Å². The summed E-state index contributed by atoms with van der Waals surface area (Å²) in [7, 11) is 1.70. The Balaban J connectivity index is 1.67. The van der Waals surface area contributed by atoms with E-state index in [1.165, 1.54) is 11.1 Å². The first kappa shape index (κ1) is 14.9. The molecule has 0 spiro atoms. The van der Waals surface area contributed by atoms with Crippen molar-refractivity contribution < 1.29 is 4.74 Å². The fraction of sp³-hybridized carbons (Fsp3) is 0.353. The summed E-state index contributed by atoms with van der Waals surface area (Å²) in [5.41, 5.74) is 2.60. The molecule has 2 nitrogen and oxygen atoms in total. The maximum absolute atomic E-state index is 5.35. The SMILES string of the molecule is COc1cccc(CCNCCC2=CC=CCC2=S)c1. The van der Waals surface area contributed by atoms with Crippen LogP contribution >= 0.6 is 12.2 Å². The molecular formula is C17H21NOS. The summed E-state index contributed by atoms with van der Waals surface area (Å²) in [6.45, 7) is 1.95. The Morgan fingerprint density at radius 1 is 1.25 bits per heavy atom. The van der Waals surface area contributed by atoms with Gasteiger partial charge in [0, 0.05) is 11.3 Å². The summed E-state index contributed by atoms with van der Waals surface area (Å²) in [5.74, 6) is 0.923. The highest BCUT2D eigenvalue weighted by Crippen LogP contribution is 2.14. The quantitative estimate of drug-likeness (QED) is 0.613. The lowest BCUT2D eigenvalue weighted by atomic mass is 10.0. The maximum atomic E-state index is 5.35. The summed E-state index contributed by atoms with van der Waals surface area (Å²) in [6, 6.07) is 8.23. The van der Waals surface area contributed by atoms with Crippen LogP contribution in [0.25, 0.3) is 0 Å². The molecule has 0 aliphatic heterocycles. The van der Waals surface area contributed by atoms with E-state index in [1.807, 2.05) is 12.1 Å². The first-order valence-corrected chi connectivity index (χ1v) is 7.43. The summed E-state index contributed by atoms with van der Waals surface area (Å²) in [4.78, 5) is 1.09. The van der Waals surface area contributed by atoms with Crippen molar-refractivity contribution >= 4 is 17.1 Å². The molecule has 0 bridgehead atoms. The number of hydrogen-bond donors (Lipinski definition) is 1. The van der Waals surface area contributed by atoms with Crippen molar-refractivity contribution in [3.05, 3.63) is 53.6 Å². The van der Waals surface area contributed by atoms with Gasteiger partial charge in [-0.05, 0) is 49.2 Å². The number of rotatable bonds is 7. The van der Waals surface area contributed by atoms with E-state index in [9.17, 15) is 0 Å². The highest BCUT2D eigenvalue weighted by Gasteiger charge is 2.05. The Labute approximate surface area is 126 Å².